The minimum Gasteiger partial charge on any atom is -0.475 e. The van der Waals surface area contributed by atoms with Gasteiger partial charge in [0.15, 0.2) is 5.69 Å². The van der Waals surface area contributed by atoms with Gasteiger partial charge in [-0.25, -0.2) is 18.6 Å². The lowest BCUT2D eigenvalue weighted by Crippen LogP contribution is -1.99. The van der Waals surface area contributed by atoms with Gasteiger partial charge in [0.1, 0.15) is 0 Å². The molecule has 0 radical (unpaired) electrons. The van der Waals surface area contributed by atoms with Gasteiger partial charge in [-0.15, -0.1) is 0 Å². The van der Waals surface area contributed by atoms with E-state index in [2.05, 4.69) is 4.98 Å². The Morgan fingerprint density at radius 1 is 1.47 bits per heavy atom. The van der Waals surface area contributed by atoms with Crippen molar-refractivity contribution in [3.05, 3.63) is 38.8 Å². The molecule has 1 heterocycles. The highest BCUT2D eigenvalue weighted by molar-refractivity contribution is 14.1. The van der Waals surface area contributed by atoms with E-state index in [0.29, 0.717) is 5.56 Å². The van der Waals surface area contributed by atoms with Crippen LogP contribution in [0.1, 0.15) is 28.2 Å². The van der Waals surface area contributed by atoms with Crippen molar-refractivity contribution in [1.29, 1.82) is 0 Å². The van der Waals surface area contributed by atoms with Crippen LogP contribution in [0.5, 0.6) is 0 Å². The summed E-state index contributed by atoms with van der Waals surface area (Å²) in [5.41, 5.74) is 0.571. The van der Waals surface area contributed by atoms with Crippen LogP contribution in [0, 0.1) is 10.5 Å². The van der Waals surface area contributed by atoms with Gasteiger partial charge >= 0.3 is 5.97 Å². The van der Waals surface area contributed by atoms with Crippen molar-refractivity contribution in [2.75, 3.05) is 0 Å². The highest BCUT2D eigenvalue weighted by Gasteiger charge is 2.27. The fourth-order valence-corrected chi connectivity index (χ4v) is 2.15. The number of rotatable bonds is 3. The van der Waals surface area contributed by atoms with Crippen LogP contribution in [0.4, 0.5) is 8.78 Å². The van der Waals surface area contributed by atoms with E-state index in [0.717, 1.165) is 9.13 Å². The van der Waals surface area contributed by atoms with Crippen molar-refractivity contribution >= 4 is 28.6 Å². The van der Waals surface area contributed by atoms with Gasteiger partial charge < -0.3 is 9.52 Å². The Labute approximate surface area is 120 Å². The summed E-state index contributed by atoms with van der Waals surface area (Å²) in [5, 5.41) is 8.83. The molecule has 0 spiro atoms. The summed E-state index contributed by atoms with van der Waals surface area (Å²) in [6, 6.07) is 5.21. The van der Waals surface area contributed by atoms with Crippen LogP contribution in [-0.4, -0.2) is 16.1 Å². The molecule has 100 valence electrons. The summed E-state index contributed by atoms with van der Waals surface area (Å²) < 4.78 is 31.2. The van der Waals surface area contributed by atoms with E-state index in [1.54, 1.807) is 12.1 Å². The lowest BCUT2D eigenvalue weighted by Gasteiger charge is -2.02. The van der Waals surface area contributed by atoms with Gasteiger partial charge in [0.2, 0.25) is 11.7 Å². The molecule has 0 saturated heterocycles. The molecule has 0 bridgehead atoms. The van der Waals surface area contributed by atoms with Crippen LogP contribution < -0.4 is 0 Å². The average molecular weight is 379 g/mol. The summed E-state index contributed by atoms with van der Waals surface area (Å²) in [6.07, 6.45) is -2.99. The second kappa shape index (κ2) is 5.24. The first-order valence-corrected chi connectivity index (χ1v) is 6.27. The molecule has 0 aliphatic carbocycles. The highest BCUT2D eigenvalue weighted by atomic mass is 127. The van der Waals surface area contributed by atoms with E-state index in [-0.39, 0.29) is 5.89 Å². The second-order valence-electron chi connectivity index (χ2n) is 3.78. The molecule has 0 aliphatic heterocycles. The molecule has 0 fully saturated rings. The summed E-state index contributed by atoms with van der Waals surface area (Å²) in [7, 11) is 0. The summed E-state index contributed by atoms with van der Waals surface area (Å²) >= 11 is 2.03. The third kappa shape index (κ3) is 2.60. The highest BCUT2D eigenvalue weighted by Crippen LogP contribution is 2.31. The Hall–Kier alpha value is -1.51. The van der Waals surface area contributed by atoms with Gasteiger partial charge in [-0.3, -0.25) is 0 Å². The van der Waals surface area contributed by atoms with Crippen LogP contribution in [0.15, 0.2) is 22.6 Å². The number of hydrogen-bond acceptors (Lipinski definition) is 3. The van der Waals surface area contributed by atoms with Crippen LogP contribution in [-0.2, 0) is 0 Å². The maximum atomic E-state index is 12.7. The number of carboxylic acids is 1. The Morgan fingerprint density at radius 2 is 2.16 bits per heavy atom. The van der Waals surface area contributed by atoms with Crippen LogP contribution in [0.2, 0.25) is 0 Å². The first-order valence-electron chi connectivity index (χ1n) is 5.19. The summed E-state index contributed by atoms with van der Waals surface area (Å²) in [6.45, 7) is 1.85. The molecule has 0 saturated carbocycles. The van der Waals surface area contributed by atoms with E-state index in [9.17, 15) is 13.6 Å². The number of aromatic carboxylic acids is 1. The first-order chi connectivity index (χ1) is 8.91. The number of oxazole rings is 1. The number of hydrogen-bond donors (Lipinski definition) is 1. The molecular weight excluding hydrogens is 371 g/mol. The number of nitrogens with zero attached hydrogens (tertiary/aromatic N) is 1. The third-order valence-electron chi connectivity index (χ3n) is 2.48. The average Bonchev–Trinajstić information content (AvgIpc) is 2.77. The second-order valence-corrected chi connectivity index (χ2v) is 4.85. The number of alkyl halides is 2. The molecule has 4 nitrogen and oxygen atoms in total. The number of halogens is 3. The number of benzene rings is 1. The van der Waals surface area contributed by atoms with E-state index < -0.39 is 23.8 Å². The maximum absolute atomic E-state index is 12.7. The monoisotopic (exact) mass is 379 g/mol. The van der Waals surface area contributed by atoms with Crippen molar-refractivity contribution in [1.82, 2.24) is 4.98 Å². The molecule has 0 unspecified atom stereocenters. The molecule has 1 aromatic heterocycles. The Morgan fingerprint density at radius 3 is 2.68 bits per heavy atom. The zero-order valence-corrected chi connectivity index (χ0v) is 11.8. The first kappa shape index (κ1) is 13.9. The minimum absolute atomic E-state index is 0.110. The summed E-state index contributed by atoms with van der Waals surface area (Å²) in [5.74, 6) is -2.49. The molecule has 0 atom stereocenters. The van der Waals surface area contributed by atoms with Crippen LogP contribution >= 0.6 is 22.6 Å². The van der Waals surface area contributed by atoms with E-state index in [1.165, 1.54) is 0 Å². The van der Waals surface area contributed by atoms with Crippen molar-refractivity contribution in [2.45, 2.75) is 13.3 Å². The van der Waals surface area contributed by atoms with Gasteiger partial charge in [0, 0.05) is 3.57 Å². The fraction of sp³-hybridized carbons (Fsp3) is 0.167. The topological polar surface area (TPSA) is 63.3 Å². The van der Waals surface area contributed by atoms with Crippen molar-refractivity contribution in [3.8, 4) is 11.5 Å². The van der Waals surface area contributed by atoms with Crippen molar-refractivity contribution < 1.29 is 23.1 Å². The molecule has 1 N–H and O–H groups in total. The molecule has 0 amide bonds. The predicted octanol–water partition coefficient (Wildman–Crippen LogP) is 3.89. The minimum atomic E-state index is -2.99. The lowest BCUT2D eigenvalue weighted by atomic mass is 10.1. The number of aryl methyl sites for hydroxylation is 1. The van der Waals surface area contributed by atoms with Crippen molar-refractivity contribution in [2.24, 2.45) is 0 Å². The van der Waals surface area contributed by atoms with Crippen LogP contribution in [0.3, 0.4) is 0 Å². The molecule has 7 heteroatoms. The Bertz CT molecular complexity index is 640. The zero-order chi connectivity index (χ0) is 14.2. The maximum Gasteiger partial charge on any atom is 0.374 e. The zero-order valence-electron chi connectivity index (χ0n) is 9.65. The molecule has 2 aromatic rings. The molecule has 19 heavy (non-hydrogen) atoms. The fourth-order valence-electron chi connectivity index (χ4n) is 1.56. The van der Waals surface area contributed by atoms with Crippen LogP contribution in [0.25, 0.3) is 11.5 Å². The number of aromatic nitrogens is 1. The van der Waals surface area contributed by atoms with Gasteiger partial charge in [-0.1, -0.05) is 12.1 Å². The Kier molecular flexibility index (Phi) is 3.83. The molecule has 1 aromatic carbocycles. The lowest BCUT2D eigenvalue weighted by molar-refractivity contribution is 0.0647. The SMILES string of the molecule is Cc1cccc(-c2nc(C(F)F)c(C(=O)O)o2)c1I. The van der Waals surface area contributed by atoms with E-state index in [4.69, 9.17) is 9.52 Å². The smallest absolute Gasteiger partial charge is 0.374 e. The number of carbonyl (C=O) groups is 1. The van der Waals surface area contributed by atoms with Gasteiger partial charge in [-0.2, -0.15) is 0 Å². The van der Waals surface area contributed by atoms with Gasteiger partial charge in [0.25, 0.3) is 6.43 Å². The van der Waals surface area contributed by atoms with Gasteiger partial charge in [-0.05, 0) is 41.1 Å². The standard InChI is InChI=1S/C12H8F2INO3/c1-5-3-2-4-6(7(5)15)11-16-8(10(13)14)9(19-11)12(17)18/h2-4,10H,1H3,(H,17,18). The van der Waals surface area contributed by atoms with Gasteiger partial charge in [0.05, 0.1) is 5.56 Å². The van der Waals surface area contributed by atoms with E-state index >= 15 is 0 Å². The third-order valence-corrected chi connectivity index (χ3v) is 3.91. The number of carboxylic acid groups (broad SMARTS) is 1. The summed E-state index contributed by atoms with van der Waals surface area (Å²) in [4.78, 5) is 14.5. The molecule has 0 aliphatic rings. The Balaban J connectivity index is 2.61. The predicted molar refractivity (Wildman–Crippen MR) is 71.3 cm³/mol. The molecule has 2 rings (SSSR count). The largest absolute Gasteiger partial charge is 0.475 e. The molecular formula is C12H8F2INO3. The normalized spacial score (nSPS) is 11.0. The van der Waals surface area contributed by atoms with Crippen molar-refractivity contribution in [3.63, 3.8) is 0 Å². The quantitative estimate of drug-likeness (QED) is 0.823. The van der Waals surface area contributed by atoms with E-state index in [1.807, 2.05) is 35.6 Å².